The SMILES string of the molecule is Br.Br.Nc1ccccc1C(=O)CC(N)C(=O)O. The molecule has 0 aliphatic rings. The molecule has 0 amide bonds. The predicted molar refractivity (Wildman–Crippen MR) is 76.1 cm³/mol. The molecule has 0 saturated carbocycles. The summed E-state index contributed by atoms with van der Waals surface area (Å²) in [5, 5.41) is 8.54. The monoisotopic (exact) mass is 368 g/mol. The number of nitrogens with two attached hydrogens (primary N) is 2. The van der Waals surface area contributed by atoms with Crippen LogP contribution in [0.5, 0.6) is 0 Å². The first kappa shape index (κ1) is 18.4. The van der Waals surface area contributed by atoms with Crippen LogP contribution < -0.4 is 11.5 Å². The average molecular weight is 370 g/mol. The Balaban J connectivity index is 0. The number of halogens is 2. The Kier molecular flexibility index (Phi) is 8.91. The highest BCUT2D eigenvalue weighted by molar-refractivity contribution is 8.93. The molecule has 1 unspecified atom stereocenters. The second kappa shape index (κ2) is 8.21. The number of carbonyl (C=O) groups is 2. The van der Waals surface area contributed by atoms with Crippen molar-refractivity contribution in [2.24, 2.45) is 5.73 Å². The van der Waals surface area contributed by atoms with Crippen molar-refractivity contribution in [2.75, 3.05) is 5.73 Å². The predicted octanol–water partition coefficient (Wildman–Crippen LogP) is 1.41. The molecule has 0 saturated heterocycles. The van der Waals surface area contributed by atoms with E-state index in [9.17, 15) is 9.59 Å². The van der Waals surface area contributed by atoms with Gasteiger partial charge in [-0.05, 0) is 12.1 Å². The number of nitrogen functional groups attached to an aromatic ring is 1. The minimum Gasteiger partial charge on any atom is -0.480 e. The zero-order valence-electron chi connectivity index (χ0n) is 8.83. The summed E-state index contributed by atoms with van der Waals surface area (Å²) in [4.78, 5) is 22.0. The Morgan fingerprint density at radius 1 is 1.24 bits per heavy atom. The van der Waals surface area contributed by atoms with E-state index >= 15 is 0 Å². The van der Waals surface area contributed by atoms with Crippen LogP contribution in [0.1, 0.15) is 16.8 Å². The summed E-state index contributed by atoms with van der Waals surface area (Å²) in [6.45, 7) is 0. The summed E-state index contributed by atoms with van der Waals surface area (Å²) in [6.07, 6.45) is -0.246. The molecule has 5 nitrogen and oxygen atoms in total. The molecule has 5 N–H and O–H groups in total. The van der Waals surface area contributed by atoms with Gasteiger partial charge in [0.25, 0.3) is 0 Å². The molecule has 1 aromatic carbocycles. The Hall–Kier alpha value is -0.920. The molecule has 0 bridgehead atoms. The van der Waals surface area contributed by atoms with E-state index < -0.39 is 12.0 Å². The van der Waals surface area contributed by atoms with E-state index in [1.807, 2.05) is 0 Å². The number of ketones is 1. The van der Waals surface area contributed by atoms with E-state index in [4.69, 9.17) is 16.6 Å². The van der Waals surface area contributed by atoms with Gasteiger partial charge in [-0.25, -0.2) is 0 Å². The number of hydrogen-bond donors (Lipinski definition) is 3. The molecule has 17 heavy (non-hydrogen) atoms. The van der Waals surface area contributed by atoms with Gasteiger partial charge in [-0.15, -0.1) is 34.0 Å². The number of carbonyl (C=O) groups excluding carboxylic acids is 1. The van der Waals surface area contributed by atoms with Crippen LogP contribution in [0, 0.1) is 0 Å². The van der Waals surface area contributed by atoms with E-state index in [0.29, 0.717) is 11.3 Å². The van der Waals surface area contributed by atoms with E-state index in [1.165, 1.54) is 0 Å². The normalized spacial score (nSPS) is 10.6. The van der Waals surface area contributed by atoms with Gasteiger partial charge in [0.05, 0.1) is 0 Å². The number of benzene rings is 1. The molecule has 1 rings (SSSR count). The van der Waals surface area contributed by atoms with Crippen molar-refractivity contribution >= 4 is 51.4 Å². The van der Waals surface area contributed by atoms with Gasteiger partial charge in [-0.1, -0.05) is 12.1 Å². The summed E-state index contributed by atoms with van der Waals surface area (Å²) < 4.78 is 0. The third-order valence-corrected chi connectivity index (χ3v) is 1.98. The number of carboxylic acids is 1. The number of aliphatic carboxylic acids is 1. The van der Waals surface area contributed by atoms with Crippen LogP contribution in [0.2, 0.25) is 0 Å². The lowest BCUT2D eigenvalue weighted by molar-refractivity contribution is -0.138. The molecular formula is C10H14Br2N2O3. The Labute approximate surface area is 120 Å². The smallest absolute Gasteiger partial charge is 0.320 e. The Morgan fingerprint density at radius 2 is 1.76 bits per heavy atom. The maximum absolute atomic E-state index is 11.6. The number of hydrogen-bond acceptors (Lipinski definition) is 4. The van der Waals surface area contributed by atoms with Gasteiger partial charge in [-0.2, -0.15) is 0 Å². The molecule has 96 valence electrons. The zero-order valence-corrected chi connectivity index (χ0v) is 12.3. The maximum Gasteiger partial charge on any atom is 0.320 e. The fraction of sp³-hybridized carbons (Fsp3) is 0.200. The van der Waals surface area contributed by atoms with Gasteiger partial charge >= 0.3 is 5.97 Å². The first-order valence-corrected chi connectivity index (χ1v) is 4.38. The lowest BCUT2D eigenvalue weighted by Crippen LogP contribution is -2.32. The highest BCUT2D eigenvalue weighted by atomic mass is 79.9. The first-order valence-electron chi connectivity index (χ1n) is 4.38. The van der Waals surface area contributed by atoms with Crippen LogP contribution in [0.3, 0.4) is 0 Å². The molecule has 0 fully saturated rings. The van der Waals surface area contributed by atoms with Gasteiger partial charge in [0.2, 0.25) is 0 Å². The summed E-state index contributed by atoms with van der Waals surface area (Å²) in [7, 11) is 0. The third-order valence-electron chi connectivity index (χ3n) is 1.98. The summed E-state index contributed by atoms with van der Waals surface area (Å²) in [5.41, 5.74) is 11.5. The minimum absolute atomic E-state index is 0. The van der Waals surface area contributed by atoms with Crippen LogP contribution in [-0.4, -0.2) is 22.9 Å². The summed E-state index contributed by atoms with van der Waals surface area (Å²) in [6, 6.07) is 5.31. The quantitative estimate of drug-likeness (QED) is 0.549. The van der Waals surface area contributed by atoms with Crippen LogP contribution in [0.4, 0.5) is 5.69 Å². The number of carboxylic acid groups (broad SMARTS) is 1. The Bertz CT molecular complexity index is 399. The summed E-state index contributed by atoms with van der Waals surface area (Å²) in [5.74, 6) is -1.55. The second-order valence-electron chi connectivity index (χ2n) is 3.16. The molecule has 0 aliphatic heterocycles. The number of anilines is 1. The van der Waals surface area contributed by atoms with Crippen molar-refractivity contribution in [3.05, 3.63) is 29.8 Å². The fourth-order valence-electron chi connectivity index (χ4n) is 1.15. The number of Topliss-reactive ketones (excluding diaryl/α,β-unsaturated/α-hetero) is 1. The van der Waals surface area contributed by atoms with Crippen molar-refractivity contribution < 1.29 is 14.7 Å². The molecular weight excluding hydrogens is 356 g/mol. The minimum atomic E-state index is -1.20. The van der Waals surface area contributed by atoms with E-state index in [-0.39, 0.29) is 46.2 Å². The molecule has 1 aromatic rings. The van der Waals surface area contributed by atoms with Gasteiger partial charge in [0.1, 0.15) is 6.04 Å². The topological polar surface area (TPSA) is 106 Å². The lowest BCUT2D eigenvalue weighted by atomic mass is 10.0. The highest BCUT2D eigenvalue weighted by Gasteiger charge is 2.18. The van der Waals surface area contributed by atoms with Crippen molar-refractivity contribution in [3.63, 3.8) is 0 Å². The Morgan fingerprint density at radius 3 is 2.24 bits per heavy atom. The lowest BCUT2D eigenvalue weighted by Gasteiger charge is -2.07. The molecule has 7 heteroatoms. The molecule has 0 aromatic heterocycles. The van der Waals surface area contributed by atoms with E-state index in [0.717, 1.165) is 0 Å². The molecule has 0 heterocycles. The van der Waals surface area contributed by atoms with Gasteiger partial charge in [0, 0.05) is 17.7 Å². The highest BCUT2D eigenvalue weighted by Crippen LogP contribution is 2.13. The fourth-order valence-corrected chi connectivity index (χ4v) is 1.15. The maximum atomic E-state index is 11.6. The average Bonchev–Trinajstić information content (AvgIpc) is 2.18. The van der Waals surface area contributed by atoms with E-state index in [1.54, 1.807) is 24.3 Å². The van der Waals surface area contributed by atoms with E-state index in [2.05, 4.69) is 0 Å². The molecule has 1 atom stereocenters. The molecule has 0 spiro atoms. The van der Waals surface area contributed by atoms with Crippen LogP contribution in [0.15, 0.2) is 24.3 Å². The number of rotatable bonds is 4. The standard InChI is InChI=1S/C10H12N2O3.2BrH/c11-7-4-2-1-3-6(7)9(13)5-8(12)10(14)15;;/h1-4,8H,5,11-12H2,(H,14,15);2*1H. The van der Waals surface area contributed by atoms with Crippen molar-refractivity contribution in [3.8, 4) is 0 Å². The van der Waals surface area contributed by atoms with Gasteiger partial charge < -0.3 is 16.6 Å². The third kappa shape index (κ3) is 5.29. The van der Waals surface area contributed by atoms with Crippen molar-refractivity contribution in [1.82, 2.24) is 0 Å². The zero-order chi connectivity index (χ0) is 11.4. The number of para-hydroxylation sites is 1. The van der Waals surface area contributed by atoms with Crippen LogP contribution in [0.25, 0.3) is 0 Å². The second-order valence-corrected chi connectivity index (χ2v) is 3.16. The molecule has 0 aliphatic carbocycles. The van der Waals surface area contributed by atoms with Crippen molar-refractivity contribution in [2.45, 2.75) is 12.5 Å². The van der Waals surface area contributed by atoms with Crippen molar-refractivity contribution in [1.29, 1.82) is 0 Å². The van der Waals surface area contributed by atoms with Crippen LogP contribution in [-0.2, 0) is 4.79 Å². The summed E-state index contributed by atoms with van der Waals surface area (Å²) >= 11 is 0. The largest absolute Gasteiger partial charge is 0.480 e. The van der Waals surface area contributed by atoms with Crippen LogP contribution >= 0.6 is 34.0 Å². The van der Waals surface area contributed by atoms with Gasteiger partial charge in [0.15, 0.2) is 5.78 Å². The first-order chi connectivity index (χ1) is 7.02. The molecule has 0 radical (unpaired) electrons. The van der Waals surface area contributed by atoms with Gasteiger partial charge in [-0.3, -0.25) is 9.59 Å².